The number of halogens is 3. The van der Waals surface area contributed by atoms with E-state index in [1.54, 1.807) is 30.6 Å². The number of hydrogen-bond acceptors (Lipinski definition) is 3. The van der Waals surface area contributed by atoms with Crippen molar-refractivity contribution in [1.29, 1.82) is 0 Å². The third kappa shape index (κ3) is 3.86. The average molecular weight is 370 g/mol. The molecule has 1 aliphatic rings. The van der Waals surface area contributed by atoms with E-state index in [0.717, 1.165) is 30.2 Å². The number of hydrogen-bond donors (Lipinski definition) is 1. The molecule has 0 radical (unpaired) electrons. The Balaban J connectivity index is 1.70. The van der Waals surface area contributed by atoms with E-state index < -0.39 is 12.6 Å². The lowest BCUT2D eigenvalue weighted by Gasteiger charge is -2.12. The lowest BCUT2D eigenvalue weighted by atomic mass is 10.1. The summed E-state index contributed by atoms with van der Waals surface area (Å²) in [6.45, 7) is 1.57. The number of benzene rings is 2. The third-order valence-corrected chi connectivity index (χ3v) is 4.30. The van der Waals surface area contributed by atoms with E-state index in [4.69, 9.17) is 0 Å². The molecule has 0 aliphatic carbocycles. The van der Waals surface area contributed by atoms with Crippen molar-refractivity contribution in [1.82, 2.24) is 14.9 Å². The topological polar surface area (TPSA) is 42.2 Å². The summed E-state index contributed by atoms with van der Waals surface area (Å²) in [5.74, 6) is 1.45. The van der Waals surface area contributed by atoms with Crippen molar-refractivity contribution in [2.75, 3.05) is 13.1 Å². The zero-order valence-corrected chi connectivity index (χ0v) is 14.4. The fourth-order valence-corrected chi connectivity index (χ4v) is 3.17. The summed E-state index contributed by atoms with van der Waals surface area (Å²) in [6, 6.07) is 14.2. The van der Waals surface area contributed by atoms with Crippen molar-refractivity contribution in [2.24, 2.45) is 4.99 Å². The molecule has 27 heavy (non-hydrogen) atoms. The standard InChI is InChI=1S/C20H17F3N4/c21-20(22,23)13-14-3-1-5-16(11-14)19-26-9-10-27(19)17-6-2-4-15(12-17)18-24-7-8-25-18/h1-6,9-12H,7-8,13H2,(H,24,25). The number of aromatic nitrogens is 2. The van der Waals surface area contributed by atoms with E-state index in [1.165, 1.54) is 6.07 Å². The van der Waals surface area contributed by atoms with Crippen LogP contribution in [0.3, 0.4) is 0 Å². The monoisotopic (exact) mass is 370 g/mol. The van der Waals surface area contributed by atoms with Crippen molar-refractivity contribution >= 4 is 5.84 Å². The minimum Gasteiger partial charge on any atom is -0.368 e. The molecule has 0 amide bonds. The average Bonchev–Trinajstić information content (AvgIpc) is 3.33. The number of alkyl halides is 3. The molecule has 1 aromatic heterocycles. The highest BCUT2D eigenvalue weighted by Gasteiger charge is 2.27. The van der Waals surface area contributed by atoms with E-state index >= 15 is 0 Å². The summed E-state index contributed by atoms with van der Waals surface area (Å²) in [5, 5.41) is 3.24. The summed E-state index contributed by atoms with van der Waals surface area (Å²) < 4.78 is 40.0. The Morgan fingerprint density at radius 1 is 1.04 bits per heavy atom. The molecule has 0 fully saturated rings. The van der Waals surface area contributed by atoms with Crippen LogP contribution in [0.2, 0.25) is 0 Å². The maximum atomic E-state index is 12.7. The molecule has 4 rings (SSSR count). The molecule has 0 atom stereocenters. The first-order chi connectivity index (χ1) is 13.0. The molecule has 0 spiro atoms. The van der Waals surface area contributed by atoms with E-state index in [1.807, 2.05) is 28.8 Å². The van der Waals surface area contributed by atoms with Crippen LogP contribution in [0.4, 0.5) is 13.2 Å². The van der Waals surface area contributed by atoms with Gasteiger partial charge in [-0.1, -0.05) is 30.3 Å². The van der Waals surface area contributed by atoms with Crippen LogP contribution in [0, 0.1) is 0 Å². The third-order valence-electron chi connectivity index (χ3n) is 4.30. The first-order valence-corrected chi connectivity index (χ1v) is 8.58. The van der Waals surface area contributed by atoms with Crippen LogP contribution >= 0.6 is 0 Å². The van der Waals surface area contributed by atoms with Crippen LogP contribution in [0.1, 0.15) is 11.1 Å². The first kappa shape index (κ1) is 17.3. The normalized spacial score (nSPS) is 14.1. The van der Waals surface area contributed by atoms with Crippen molar-refractivity contribution in [3.63, 3.8) is 0 Å². The Morgan fingerprint density at radius 3 is 2.63 bits per heavy atom. The van der Waals surface area contributed by atoms with Gasteiger partial charge >= 0.3 is 6.18 Å². The van der Waals surface area contributed by atoms with Gasteiger partial charge in [-0.3, -0.25) is 9.56 Å². The van der Waals surface area contributed by atoms with Gasteiger partial charge in [-0.2, -0.15) is 13.2 Å². The van der Waals surface area contributed by atoms with Gasteiger partial charge in [0.25, 0.3) is 0 Å². The molecule has 3 aromatic rings. The molecule has 1 aliphatic heterocycles. The predicted molar refractivity (Wildman–Crippen MR) is 98.2 cm³/mol. The number of nitrogens with zero attached hydrogens (tertiary/aromatic N) is 3. The number of amidine groups is 1. The maximum Gasteiger partial charge on any atom is 0.393 e. The van der Waals surface area contributed by atoms with Crippen LogP contribution in [0.15, 0.2) is 65.9 Å². The Morgan fingerprint density at radius 2 is 1.85 bits per heavy atom. The molecule has 1 N–H and O–H groups in total. The van der Waals surface area contributed by atoms with Crippen molar-refractivity contribution in [2.45, 2.75) is 12.6 Å². The molecule has 0 bridgehead atoms. The number of imidazole rings is 1. The summed E-state index contributed by atoms with van der Waals surface area (Å²) in [6.07, 6.45) is -1.75. The molecule has 0 saturated carbocycles. The van der Waals surface area contributed by atoms with E-state index in [-0.39, 0.29) is 5.56 Å². The molecule has 4 nitrogen and oxygen atoms in total. The van der Waals surface area contributed by atoms with Gasteiger partial charge in [0.2, 0.25) is 0 Å². The van der Waals surface area contributed by atoms with Crippen LogP contribution in [0.25, 0.3) is 17.1 Å². The summed E-state index contributed by atoms with van der Waals surface area (Å²) >= 11 is 0. The molecule has 2 heterocycles. The zero-order chi connectivity index (χ0) is 18.9. The van der Waals surface area contributed by atoms with Gasteiger partial charge in [-0.05, 0) is 23.8 Å². The van der Waals surface area contributed by atoms with Gasteiger partial charge in [-0.15, -0.1) is 0 Å². The highest BCUT2D eigenvalue weighted by atomic mass is 19.4. The van der Waals surface area contributed by atoms with Crippen LogP contribution in [-0.4, -0.2) is 34.7 Å². The smallest absolute Gasteiger partial charge is 0.368 e. The van der Waals surface area contributed by atoms with Gasteiger partial charge in [-0.25, -0.2) is 4.98 Å². The van der Waals surface area contributed by atoms with Gasteiger partial charge in [0, 0.05) is 35.8 Å². The Kier molecular flexibility index (Phi) is 4.43. The highest BCUT2D eigenvalue weighted by molar-refractivity contribution is 6.00. The fourth-order valence-electron chi connectivity index (χ4n) is 3.17. The lowest BCUT2D eigenvalue weighted by Crippen LogP contribution is -2.19. The molecular formula is C20H17F3N4. The van der Waals surface area contributed by atoms with Crippen molar-refractivity contribution < 1.29 is 13.2 Å². The zero-order valence-electron chi connectivity index (χ0n) is 14.4. The number of rotatable bonds is 4. The van der Waals surface area contributed by atoms with Gasteiger partial charge in [0.05, 0.1) is 13.0 Å². The molecule has 0 saturated heterocycles. The van der Waals surface area contributed by atoms with Gasteiger partial charge in [0.1, 0.15) is 11.7 Å². The highest BCUT2D eigenvalue weighted by Crippen LogP contribution is 2.26. The summed E-state index contributed by atoms with van der Waals surface area (Å²) in [5.41, 5.74) is 2.70. The number of nitrogens with one attached hydrogen (secondary N) is 1. The second-order valence-electron chi connectivity index (χ2n) is 6.32. The quantitative estimate of drug-likeness (QED) is 0.755. The van der Waals surface area contributed by atoms with Crippen LogP contribution < -0.4 is 5.32 Å². The largest absolute Gasteiger partial charge is 0.393 e. The second-order valence-corrected chi connectivity index (χ2v) is 6.32. The Hall–Kier alpha value is -3.09. The maximum absolute atomic E-state index is 12.7. The lowest BCUT2D eigenvalue weighted by molar-refractivity contribution is -0.127. The first-order valence-electron chi connectivity index (χ1n) is 8.58. The van der Waals surface area contributed by atoms with E-state index in [0.29, 0.717) is 11.4 Å². The molecule has 7 heteroatoms. The van der Waals surface area contributed by atoms with Crippen molar-refractivity contribution in [3.8, 4) is 17.1 Å². The molecule has 138 valence electrons. The number of aliphatic imine (C=N–C) groups is 1. The summed E-state index contributed by atoms with van der Waals surface area (Å²) in [4.78, 5) is 8.79. The van der Waals surface area contributed by atoms with Crippen molar-refractivity contribution in [3.05, 3.63) is 72.1 Å². The Labute approximate surface area is 154 Å². The minimum atomic E-state index is -4.24. The SMILES string of the molecule is FC(F)(F)Cc1cccc(-c2nccn2-c2cccc(C3=NCCN3)c2)c1. The van der Waals surface area contributed by atoms with E-state index in [2.05, 4.69) is 15.3 Å². The van der Waals surface area contributed by atoms with E-state index in [9.17, 15) is 13.2 Å². The molecule has 0 unspecified atom stereocenters. The fraction of sp³-hybridized carbons (Fsp3) is 0.200. The molecular weight excluding hydrogens is 353 g/mol. The van der Waals surface area contributed by atoms with Gasteiger partial charge < -0.3 is 5.32 Å². The Bertz CT molecular complexity index is 989. The van der Waals surface area contributed by atoms with Crippen LogP contribution in [-0.2, 0) is 6.42 Å². The molecule has 2 aromatic carbocycles. The minimum absolute atomic E-state index is 0.216. The summed E-state index contributed by atoms with van der Waals surface area (Å²) in [7, 11) is 0. The predicted octanol–water partition coefficient (Wildman–Crippen LogP) is 3.99. The van der Waals surface area contributed by atoms with Crippen LogP contribution in [0.5, 0.6) is 0 Å². The second kappa shape index (κ2) is 6.90. The van der Waals surface area contributed by atoms with Gasteiger partial charge in [0.15, 0.2) is 0 Å².